The van der Waals surface area contributed by atoms with Crippen molar-refractivity contribution in [2.45, 2.75) is 25.8 Å². The first-order chi connectivity index (χ1) is 7.74. The molecule has 1 aromatic rings. The average molecular weight is 241 g/mol. The molecule has 0 aromatic carbocycles. The summed E-state index contributed by atoms with van der Waals surface area (Å²) in [5, 5.41) is 11.3. The molecule has 0 spiro atoms. The fourth-order valence-electron chi connectivity index (χ4n) is 2.10. The van der Waals surface area contributed by atoms with Crippen LogP contribution in [0.1, 0.15) is 19.8 Å². The summed E-state index contributed by atoms with van der Waals surface area (Å²) in [6.07, 6.45) is 4.36. The van der Waals surface area contributed by atoms with Gasteiger partial charge in [-0.3, -0.25) is 0 Å². The maximum absolute atomic E-state index is 5.77. The van der Waals surface area contributed by atoms with E-state index < -0.39 is 0 Å². The number of halogens is 1. The summed E-state index contributed by atoms with van der Waals surface area (Å²) in [6.45, 7) is 5.69. The molecule has 5 heteroatoms. The molecule has 0 aliphatic carbocycles. The standard InChI is InChI=1S/C11H17ClN4/c1-9(8-16-4-2-3-5-16)14-10-6-11(12)15-13-7-10/h6-7,9H,2-5,8H2,1H3,(H,14,15). The van der Waals surface area contributed by atoms with Crippen molar-refractivity contribution in [2.24, 2.45) is 0 Å². The number of nitrogens with one attached hydrogen (secondary N) is 1. The number of aromatic nitrogens is 2. The predicted octanol–water partition coefficient (Wildman–Crippen LogP) is 2.03. The van der Waals surface area contributed by atoms with E-state index in [1.807, 2.05) is 0 Å². The molecule has 0 bridgehead atoms. The Labute approximate surface area is 101 Å². The zero-order chi connectivity index (χ0) is 11.4. The van der Waals surface area contributed by atoms with Crippen LogP contribution in [0.15, 0.2) is 12.3 Å². The van der Waals surface area contributed by atoms with E-state index in [1.54, 1.807) is 12.3 Å². The number of hydrogen-bond acceptors (Lipinski definition) is 4. The molecule has 1 N–H and O–H groups in total. The molecular formula is C11H17ClN4. The third kappa shape index (κ3) is 3.32. The van der Waals surface area contributed by atoms with Crippen molar-refractivity contribution in [2.75, 3.05) is 25.0 Å². The van der Waals surface area contributed by atoms with Crippen molar-refractivity contribution in [3.63, 3.8) is 0 Å². The van der Waals surface area contributed by atoms with Crippen LogP contribution in [0.5, 0.6) is 0 Å². The van der Waals surface area contributed by atoms with Gasteiger partial charge in [0.25, 0.3) is 0 Å². The minimum atomic E-state index is 0.401. The lowest BCUT2D eigenvalue weighted by Crippen LogP contribution is -2.32. The van der Waals surface area contributed by atoms with Gasteiger partial charge >= 0.3 is 0 Å². The number of hydrogen-bond donors (Lipinski definition) is 1. The molecule has 1 saturated heterocycles. The van der Waals surface area contributed by atoms with Crippen LogP contribution in [0.4, 0.5) is 5.69 Å². The molecule has 1 unspecified atom stereocenters. The summed E-state index contributed by atoms with van der Waals surface area (Å²) in [5.41, 5.74) is 0.937. The molecule has 1 aliphatic heterocycles. The number of rotatable bonds is 4. The van der Waals surface area contributed by atoms with Gasteiger partial charge in [-0.1, -0.05) is 11.6 Å². The van der Waals surface area contributed by atoms with Crippen LogP contribution in [0.2, 0.25) is 5.15 Å². The van der Waals surface area contributed by atoms with Crippen molar-refractivity contribution in [3.05, 3.63) is 17.4 Å². The number of likely N-dealkylation sites (tertiary alicyclic amines) is 1. The van der Waals surface area contributed by atoms with Gasteiger partial charge < -0.3 is 10.2 Å². The highest BCUT2D eigenvalue weighted by Gasteiger charge is 2.14. The third-order valence-electron chi connectivity index (χ3n) is 2.77. The van der Waals surface area contributed by atoms with Gasteiger partial charge in [-0.05, 0) is 32.9 Å². The molecule has 2 rings (SSSR count). The van der Waals surface area contributed by atoms with E-state index in [0.717, 1.165) is 12.2 Å². The molecule has 1 fully saturated rings. The van der Waals surface area contributed by atoms with E-state index in [1.165, 1.54) is 25.9 Å². The van der Waals surface area contributed by atoms with E-state index in [4.69, 9.17) is 11.6 Å². The van der Waals surface area contributed by atoms with Crippen LogP contribution in [0.3, 0.4) is 0 Å². The molecule has 0 saturated carbocycles. The topological polar surface area (TPSA) is 41.0 Å². The molecule has 0 amide bonds. The third-order valence-corrected chi connectivity index (χ3v) is 2.95. The highest BCUT2D eigenvalue weighted by atomic mass is 35.5. The molecule has 1 aliphatic rings. The lowest BCUT2D eigenvalue weighted by atomic mass is 10.3. The largest absolute Gasteiger partial charge is 0.380 e. The molecule has 1 atom stereocenters. The summed E-state index contributed by atoms with van der Waals surface area (Å²) >= 11 is 5.77. The van der Waals surface area contributed by atoms with Crippen LogP contribution < -0.4 is 5.32 Å². The Morgan fingerprint density at radius 2 is 2.25 bits per heavy atom. The monoisotopic (exact) mass is 240 g/mol. The van der Waals surface area contributed by atoms with E-state index in [-0.39, 0.29) is 0 Å². The Balaban J connectivity index is 1.84. The van der Waals surface area contributed by atoms with Crippen molar-refractivity contribution in [3.8, 4) is 0 Å². The maximum atomic E-state index is 5.77. The second-order valence-corrected chi connectivity index (χ2v) is 4.71. The summed E-state index contributed by atoms with van der Waals surface area (Å²) in [7, 11) is 0. The van der Waals surface area contributed by atoms with E-state index in [2.05, 4.69) is 27.3 Å². The molecule has 16 heavy (non-hydrogen) atoms. The van der Waals surface area contributed by atoms with Crippen molar-refractivity contribution in [1.29, 1.82) is 0 Å². The van der Waals surface area contributed by atoms with Crippen molar-refractivity contribution in [1.82, 2.24) is 15.1 Å². The summed E-state index contributed by atoms with van der Waals surface area (Å²) in [4.78, 5) is 2.48. The average Bonchev–Trinajstić information content (AvgIpc) is 2.70. The highest BCUT2D eigenvalue weighted by Crippen LogP contribution is 2.13. The summed E-state index contributed by atoms with van der Waals surface area (Å²) in [5.74, 6) is 0. The Morgan fingerprint density at radius 3 is 2.94 bits per heavy atom. The molecule has 88 valence electrons. The van der Waals surface area contributed by atoms with Gasteiger partial charge in [0.05, 0.1) is 11.9 Å². The molecule has 1 aromatic heterocycles. The first kappa shape index (κ1) is 11.6. The van der Waals surface area contributed by atoms with Gasteiger partial charge in [0, 0.05) is 18.7 Å². The van der Waals surface area contributed by atoms with Crippen LogP contribution in [-0.4, -0.2) is 40.8 Å². The first-order valence-electron chi connectivity index (χ1n) is 5.71. The van der Waals surface area contributed by atoms with E-state index in [0.29, 0.717) is 11.2 Å². The minimum absolute atomic E-state index is 0.401. The Kier molecular flexibility index (Phi) is 3.96. The van der Waals surface area contributed by atoms with Gasteiger partial charge in [-0.2, -0.15) is 5.10 Å². The van der Waals surface area contributed by atoms with Crippen molar-refractivity contribution >= 4 is 17.3 Å². The van der Waals surface area contributed by atoms with E-state index >= 15 is 0 Å². The second kappa shape index (κ2) is 5.46. The van der Waals surface area contributed by atoms with Gasteiger partial charge in [-0.25, -0.2) is 0 Å². The first-order valence-corrected chi connectivity index (χ1v) is 6.09. The molecule has 0 radical (unpaired) electrons. The highest BCUT2D eigenvalue weighted by molar-refractivity contribution is 6.29. The number of anilines is 1. The van der Waals surface area contributed by atoms with E-state index in [9.17, 15) is 0 Å². The quantitative estimate of drug-likeness (QED) is 0.875. The summed E-state index contributed by atoms with van der Waals surface area (Å²) < 4.78 is 0. The Hall–Kier alpha value is -0.870. The van der Waals surface area contributed by atoms with Gasteiger partial charge in [0.2, 0.25) is 0 Å². The van der Waals surface area contributed by atoms with Crippen molar-refractivity contribution < 1.29 is 0 Å². The Morgan fingerprint density at radius 1 is 1.50 bits per heavy atom. The smallest absolute Gasteiger partial charge is 0.153 e. The van der Waals surface area contributed by atoms with Gasteiger partial charge in [0.15, 0.2) is 5.15 Å². The SMILES string of the molecule is CC(CN1CCCC1)Nc1cnnc(Cl)c1. The van der Waals surface area contributed by atoms with Crippen LogP contribution in [0.25, 0.3) is 0 Å². The second-order valence-electron chi connectivity index (χ2n) is 4.32. The molecular weight excluding hydrogens is 224 g/mol. The zero-order valence-corrected chi connectivity index (χ0v) is 10.2. The fourth-order valence-corrected chi connectivity index (χ4v) is 2.26. The van der Waals surface area contributed by atoms with Crippen LogP contribution >= 0.6 is 11.6 Å². The fraction of sp³-hybridized carbons (Fsp3) is 0.636. The van der Waals surface area contributed by atoms with Gasteiger partial charge in [0.1, 0.15) is 0 Å². The molecule has 2 heterocycles. The Bertz CT molecular complexity index is 339. The van der Waals surface area contributed by atoms with Crippen LogP contribution in [-0.2, 0) is 0 Å². The number of nitrogens with zero attached hydrogens (tertiary/aromatic N) is 3. The molecule has 4 nitrogen and oxygen atoms in total. The lowest BCUT2D eigenvalue weighted by molar-refractivity contribution is 0.328. The maximum Gasteiger partial charge on any atom is 0.153 e. The summed E-state index contributed by atoms with van der Waals surface area (Å²) in [6, 6.07) is 2.20. The normalized spacial score (nSPS) is 18.6. The minimum Gasteiger partial charge on any atom is -0.380 e. The van der Waals surface area contributed by atoms with Crippen LogP contribution in [0, 0.1) is 0 Å². The van der Waals surface area contributed by atoms with Gasteiger partial charge in [-0.15, -0.1) is 5.10 Å². The zero-order valence-electron chi connectivity index (χ0n) is 9.49. The predicted molar refractivity (Wildman–Crippen MR) is 65.8 cm³/mol. The lowest BCUT2D eigenvalue weighted by Gasteiger charge is -2.21.